The molecular weight excluding hydrogens is 308 g/mol. The van der Waals surface area contributed by atoms with Crippen LogP contribution >= 0.6 is 0 Å². The molecule has 0 saturated heterocycles. The lowest BCUT2D eigenvalue weighted by Crippen LogP contribution is -2.37. The molecule has 108 valence electrons. The van der Waals surface area contributed by atoms with Crippen molar-refractivity contribution in [1.29, 1.82) is 0 Å². The Kier molecular flexibility index (Phi) is 2.69. The molecule has 5 N–H and O–H groups in total. The summed E-state index contributed by atoms with van der Waals surface area (Å²) in [5, 5.41) is 13.2. The lowest BCUT2D eigenvalue weighted by molar-refractivity contribution is -0.195. The Morgan fingerprint density at radius 3 is 2.42 bits per heavy atom. The maximum Gasteiger partial charge on any atom is 0.467 e. The van der Waals surface area contributed by atoms with Gasteiger partial charge in [0, 0.05) is 6.92 Å². The summed E-state index contributed by atoms with van der Waals surface area (Å²) < 4.78 is 57.3. The number of nitrogens with two attached hydrogens (primary N) is 2. The van der Waals surface area contributed by atoms with Crippen molar-refractivity contribution < 1.29 is 33.9 Å². The minimum Gasteiger partial charge on any atom is -0.391 e. The van der Waals surface area contributed by atoms with Crippen LogP contribution in [0.5, 0.6) is 5.88 Å². The molecule has 0 aromatic carbocycles. The van der Waals surface area contributed by atoms with E-state index >= 15 is 0 Å². The zero-order chi connectivity index (χ0) is 14.6. The average molecular weight is 316 g/mol. The summed E-state index contributed by atoms with van der Waals surface area (Å²) in [7, 11) is -10.2. The lowest BCUT2D eigenvalue weighted by Gasteiger charge is -2.22. The number of aliphatic hydroxyl groups is 1. The summed E-state index contributed by atoms with van der Waals surface area (Å²) in [5.74, 6) is -3.90. The van der Waals surface area contributed by atoms with E-state index in [2.05, 4.69) is 17.1 Å². The zero-order valence-electron chi connectivity index (χ0n) is 9.17. The first-order chi connectivity index (χ1) is 8.44. The lowest BCUT2D eigenvalue weighted by atomic mass is 10.5. The van der Waals surface area contributed by atoms with Gasteiger partial charge in [0.2, 0.25) is 0 Å². The molecule has 2 bridgehead atoms. The van der Waals surface area contributed by atoms with Gasteiger partial charge in [-0.05, 0) is 0 Å². The van der Waals surface area contributed by atoms with E-state index in [-0.39, 0.29) is 0 Å². The Morgan fingerprint density at radius 2 is 1.84 bits per heavy atom. The normalized spacial score (nSPS) is 28.7. The molecular formula is C5H8N4O8S2. The van der Waals surface area contributed by atoms with Crippen LogP contribution in [-0.2, 0) is 34.5 Å². The zero-order valence-corrected chi connectivity index (χ0v) is 10.8. The predicted octanol–water partition coefficient (Wildman–Crippen LogP) is -2.41. The summed E-state index contributed by atoms with van der Waals surface area (Å²) in [5.41, 5.74) is 10.4. The minimum absolute atomic E-state index is 0.416. The minimum atomic E-state index is -5.14. The second-order valence-electron chi connectivity index (χ2n) is 3.50. The Morgan fingerprint density at radius 1 is 1.26 bits per heavy atom. The van der Waals surface area contributed by atoms with Gasteiger partial charge in [-0.3, -0.25) is 0 Å². The van der Waals surface area contributed by atoms with Gasteiger partial charge in [-0.15, -0.1) is 5.10 Å². The maximum atomic E-state index is 11.2. The number of nitrogens with zero attached hydrogens (tertiary/aromatic N) is 2. The van der Waals surface area contributed by atoms with Gasteiger partial charge in [-0.1, -0.05) is 3.63 Å². The average Bonchev–Trinajstić information content (AvgIpc) is 2.42. The molecule has 19 heavy (non-hydrogen) atoms. The van der Waals surface area contributed by atoms with E-state index in [4.69, 9.17) is 11.5 Å². The molecule has 1 aromatic rings. The molecule has 2 heterocycles. The van der Waals surface area contributed by atoms with Crippen molar-refractivity contribution in [2.45, 2.75) is 12.8 Å². The molecule has 0 aliphatic carbocycles. The molecule has 1 aliphatic heterocycles. The summed E-state index contributed by atoms with van der Waals surface area (Å²) >= 11 is 0. The van der Waals surface area contributed by atoms with Gasteiger partial charge >= 0.3 is 20.8 Å². The summed E-state index contributed by atoms with van der Waals surface area (Å²) in [6.45, 7) is 0.818. The third-order valence-electron chi connectivity index (χ3n) is 1.93. The highest BCUT2D eigenvalue weighted by molar-refractivity contribution is 7.95. The highest BCUT2D eigenvalue weighted by atomic mass is 32.3. The van der Waals surface area contributed by atoms with Crippen molar-refractivity contribution in [3.05, 3.63) is 0 Å². The first kappa shape index (κ1) is 13.8. The predicted molar refractivity (Wildman–Crippen MR) is 57.6 cm³/mol. The van der Waals surface area contributed by atoms with Crippen molar-refractivity contribution in [3.8, 4) is 5.88 Å². The molecule has 1 unspecified atom stereocenters. The molecule has 1 aromatic heterocycles. The number of hydrogen-bond acceptors (Lipinski definition) is 11. The van der Waals surface area contributed by atoms with Crippen LogP contribution in [0.15, 0.2) is 0 Å². The Balaban J connectivity index is 2.73. The molecule has 0 radical (unpaired) electrons. The fraction of sp³-hybridized carbons (Fsp3) is 0.400. The second kappa shape index (κ2) is 3.70. The molecule has 2 rings (SSSR count). The van der Waals surface area contributed by atoms with Crippen LogP contribution in [0.1, 0.15) is 6.92 Å². The number of hydrogen-bond donors (Lipinski definition) is 3. The van der Waals surface area contributed by atoms with Gasteiger partial charge in [0.25, 0.3) is 11.8 Å². The van der Waals surface area contributed by atoms with Crippen molar-refractivity contribution >= 4 is 32.3 Å². The number of fused-ring (bicyclic) bond motifs is 2. The highest BCUT2D eigenvalue weighted by Gasteiger charge is 2.41. The van der Waals surface area contributed by atoms with E-state index in [1.165, 1.54) is 0 Å². The van der Waals surface area contributed by atoms with Crippen LogP contribution in [0.4, 0.5) is 11.5 Å². The third-order valence-corrected chi connectivity index (χ3v) is 4.14. The third kappa shape index (κ3) is 2.43. The number of aromatic nitrogens is 2. The Hall–Kier alpha value is -1.61. The quantitative estimate of drug-likeness (QED) is 0.462. The first-order valence-corrected chi connectivity index (χ1v) is 7.08. The van der Waals surface area contributed by atoms with Crippen LogP contribution < -0.4 is 15.7 Å². The van der Waals surface area contributed by atoms with Crippen molar-refractivity contribution in [3.63, 3.8) is 0 Å². The van der Waals surface area contributed by atoms with E-state index in [1.807, 2.05) is 0 Å². The van der Waals surface area contributed by atoms with E-state index in [0.717, 1.165) is 6.92 Å². The summed E-state index contributed by atoms with van der Waals surface area (Å²) in [6, 6.07) is 0. The fourth-order valence-corrected chi connectivity index (χ4v) is 3.07. The van der Waals surface area contributed by atoms with E-state index in [0.29, 0.717) is 4.68 Å². The number of anilines is 2. The second-order valence-corrected chi connectivity index (χ2v) is 6.01. The van der Waals surface area contributed by atoms with Gasteiger partial charge in [-0.2, -0.15) is 25.7 Å². The largest absolute Gasteiger partial charge is 0.467 e. The van der Waals surface area contributed by atoms with Crippen LogP contribution in [0.25, 0.3) is 0 Å². The van der Waals surface area contributed by atoms with Crippen molar-refractivity contribution in [2.24, 2.45) is 0 Å². The molecule has 0 spiro atoms. The fourth-order valence-electron chi connectivity index (χ4n) is 1.26. The van der Waals surface area contributed by atoms with Crippen LogP contribution in [0, 0.1) is 0 Å². The van der Waals surface area contributed by atoms with Gasteiger partial charge in [-0.25, -0.2) is 0 Å². The monoisotopic (exact) mass is 316 g/mol. The number of nitrogen functional groups attached to an aromatic ring is 2. The highest BCUT2D eigenvalue weighted by Crippen LogP contribution is 2.34. The summed E-state index contributed by atoms with van der Waals surface area (Å²) in [6.07, 6.45) is 0. The smallest absolute Gasteiger partial charge is 0.391 e. The van der Waals surface area contributed by atoms with Crippen molar-refractivity contribution in [1.82, 2.24) is 9.78 Å². The topological polar surface area (TPSA) is 186 Å². The van der Waals surface area contributed by atoms with E-state index in [9.17, 15) is 21.9 Å². The van der Waals surface area contributed by atoms with E-state index < -0.39 is 44.1 Å². The van der Waals surface area contributed by atoms with E-state index in [1.54, 1.807) is 0 Å². The Labute approximate surface area is 107 Å². The molecule has 0 amide bonds. The van der Waals surface area contributed by atoms with Gasteiger partial charge in [0.1, 0.15) is 5.69 Å². The summed E-state index contributed by atoms with van der Waals surface area (Å²) in [4.78, 5) is 0. The SMILES string of the molecule is CC1(O)OS(=O)(=O)OS(=O)(=O)Oc2nn1c(N)c2N. The molecule has 12 nitrogen and oxygen atoms in total. The molecule has 1 atom stereocenters. The van der Waals surface area contributed by atoms with Crippen LogP contribution in [0.3, 0.4) is 0 Å². The molecule has 1 aliphatic rings. The van der Waals surface area contributed by atoms with Crippen molar-refractivity contribution in [2.75, 3.05) is 11.5 Å². The van der Waals surface area contributed by atoms with Gasteiger partial charge in [0.05, 0.1) is 0 Å². The maximum absolute atomic E-state index is 11.2. The van der Waals surface area contributed by atoms with Crippen LogP contribution in [-0.4, -0.2) is 31.7 Å². The number of rotatable bonds is 0. The Bertz CT molecular complexity index is 731. The molecule has 0 fully saturated rings. The van der Waals surface area contributed by atoms with Gasteiger partial charge < -0.3 is 20.8 Å². The molecule has 14 heteroatoms. The first-order valence-electron chi connectivity index (χ1n) is 4.41. The standard InChI is InChI=1S/C5H8N4O8S2/c1-5(10)9-3(7)2(6)4(8-9)15-18(11,12)17-19(13,14)16-5/h10H,6-7H2,1H3. The van der Waals surface area contributed by atoms with Gasteiger partial charge in [0.15, 0.2) is 5.82 Å². The molecule has 0 saturated carbocycles. The van der Waals surface area contributed by atoms with Crippen LogP contribution in [0.2, 0.25) is 0 Å².